The third-order valence-corrected chi connectivity index (χ3v) is 3.01. The molecular formula is C13H19N5O3. The minimum Gasteiger partial charge on any atom is -0.461 e. The van der Waals surface area contributed by atoms with Gasteiger partial charge in [0.25, 0.3) is 0 Å². The van der Waals surface area contributed by atoms with Crippen LogP contribution in [0, 0.1) is 0 Å². The zero-order chi connectivity index (χ0) is 15.4. The second kappa shape index (κ2) is 6.49. The van der Waals surface area contributed by atoms with Crippen LogP contribution in [0.25, 0.3) is 11.3 Å². The number of nitrogens with zero attached hydrogens (tertiary/aromatic N) is 5. The fourth-order valence-electron chi connectivity index (χ4n) is 1.93. The molecule has 0 saturated carbocycles. The molecule has 0 aromatic carbocycles. The van der Waals surface area contributed by atoms with Crippen molar-refractivity contribution in [2.45, 2.75) is 26.5 Å². The lowest BCUT2D eigenvalue weighted by atomic mass is 10.2. The third kappa shape index (κ3) is 3.27. The fourth-order valence-corrected chi connectivity index (χ4v) is 1.93. The van der Waals surface area contributed by atoms with E-state index in [1.165, 1.54) is 0 Å². The highest BCUT2D eigenvalue weighted by molar-refractivity contribution is 5.93. The van der Waals surface area contributed by atoms with Crippen LogP contribution >= 0.6 is 0 Å². The van der Waals surface area contributed by atoms with E-state index in [-0.39, 0.29) is 18.4 Å². The first-order valence-electron chi connectivity index (χ1n) is 6.69. The van der Waals surface area contributed by atoms with Gasteiger partial charge in [0.2, 0.25) is 0 Å². The van der Waals surface area contributed by atoms with Gasteiger partial charge in [0, 0.05) is 25.9 Å². The van der Waals surface area contributed by atoms with Crippen molar-refractivity contribution in [1.82, 2.24) is 24.8 Å². The van der Waals surface area contributed by atoms with Gasteiger partial charge in [-0.05, 0) is 13.8 Å². The van der Waals surface area contributed by atoms with E-state index in [0.29, 0.717) is 12.2 Å². The average Bonchev–Trinajstić information content (AvgIpc) is 3.05. The molecule has 0 bridgehead atoms. The van der Waals surface area contributed by atoms with Gasteiger partial charge in [0.05, 0.1) is 25.5 Å². The number of esters is 1. The monoisotopic (exact) mass is 293 g/mol. The van der Waals surface area contributed by atoms with Crippen LogP contribution in [-0.2, 0) is 23.1 Å². The first-order valence-corrected chi connectivity index (χ1v) is 6.69. The molecule has 2 aromatic rings. The Morgan fingerprint density at radius 2 is 2.24 bits per heavy atom. The van der Waals surface area contributed by atoms with Crippen molar-refractivity contribution in [1.29, 1.82) is 0 Å². The smallest absolute Gasteiger partial charge is 0.361 e. The number of carbonyl (C=O) groups excluding carboxylic acids is 1. The molecule has 21 heavy (non-hydrogen) atoms. The van der Waals surface area contributed by atoms with Crippen LogP contribution in [0.5, 0.6) is 0 Å². The largest absolute Gasteiger partial charge is 0.461 e. The number of carbonyl (C=O) groups is 1. The SMILES string of the molecule is CCOC(=O)c1nnn(CC(C)OC)c1-c1cnn(C)c1. The molecule has 0 aliphatic carbocycles. The lowest BCUT2D eigenvalue weighted by molar-refractivity contribution is 0.0520. The predicted molar refractivity (Wildman–Crippen MR) is 74.7 cm³/mol. The zero-order valence-corrected chi connectivity index (χ0v) is 12.6. The second-order valence-corrected chi connectivity index (χ2v) is 4.64. The Balaban J connectivity index is 2.44. The molecule has 2 aromatic heterocycles. The van der Waals surface area contributed by atoms with E-state index < -0.39 is 5.97 Å². The van der Waals surface area contributed by atoms with Gasteiger partial charge in [0.1, 0.15) is 5.69 Å². The number of ether oxygens (including phenoxy) is 2. The molecule has 0 saturated heterocycles. The molecule has 0 N–H and O–H groups in total. The van der Waals surface area contributed by atoms with E-state index in [9.17, 15) is 4.79 Å². The number of aromatic nitrogens is 5. The summed E-state index contributed by atoms with van der Waals surface area (Å²) < 4.78 is 13.6. The van der Waals surface area contributed by atoms with Gasteiger partial charge in [-0.15, -0.1) is 5.10 Å². The van der Waals surface area contributed by atoms with Gasteiger partial charge < -0.3 is 9.47 Å². The number of aryl methyl sites for hydroxylation is 1. The summed E-state index contributed by atoms with van der Waals surface area (Å²) in [7, 11) is 3.43. The summed E-state index contributed by atoms with van der Waals surface area (Å²) in [6.45, 7) is 4.43. The van der Waals surface area contributed by atoms with Crippen molar-refractivity contribution in [2.75, 3.05) is 13.7 Å². The van der Waals surface area contributed by atoms with Crippen molar-refractivity contribution in [3.8, 4) is 11.3 Å². The Labute approximate surface area is 122 Å². The molecule has 0 aliphatic rings. The van der Waals surface area contributed by atoms with Crippen LogP contribution < -0.4 is 0 Å². The van der Waals surface area contributed by atoms with E-state index in [4.69, 9.17) is 9.47 Å². The highest BCUT2D eigenvalue weighted by Crippen LogP contribution is 2.22. The molecule has 2 heterocycles. The Morgan fingerprint density at radius 3 is 2.81 bits per heavy atom. The summed E-state index contributed by atoms with van der Waals surface area (Å²) in [5, 5.41) is 12.1. The summed E-state index contributed by atoms with van der Waals surface area (Å²) in [4.78, 5) is 12.0. The summed E-state index contributed by atoms with van der Waals surface area (Å²) in [5.41, 5.74) is 1.53. The quantitative estimate of drug-likeness (QED) is 0.735. The maximum atomic E-state index is 12.0. The van der Waals surface area contributed by atoms with Crippen LogP contribution in [0.15, 0.2) is 12.4 Å². The molecule has 0 spiro atoms. The molecule has 8 nitrogen and oxygen atoms in total. The van der Waals surface area contributed by atoms with Gasteiger partial charge in [-0.25, -0.2) is 9.48 Å². The van der Waals surface area contributed by atoms with Crippen LogP contribution in [0.4, 0.5) is 0 Å². The Hall–Kier alpha value is -2.22. The predicted octanol–water partition coefficient (Wildman–Crippen LogP) is 0.890. The molecule has 1 atom stereocenters. The maximum absolute atomic E-state index is 12.0. The Kier molecular flexibility index (Phi) is 4.69. The lowest BCUT2D eigenvalue weighted by Gasteiger charge is -2.11. The second-order valence-electron chi connectivity index (χ2n) is 4.64. The molecule has 114 valence electrons. The molecule has 2 rings (SSSR count). The van der Waals surface area contributed by atoms with Crippen molar-refractivity contribution in [3.05, 3.63) is 18.1 Å². The molecule has 1 unspecified atom stereocenters. The van der Waals surface area contributed by atoms with Crippen LogP contribution in [0.2, 0.25) is 0 Å². The minimum atomic E-state index is -0.493. The molecule has 0 fully saturated rings. The summed E-state index contributed by atoms with van der Waals surface area (Å²) in [6.07, 6.45) is 3.40. The highest BCUT2D eigenvalue weighted by Gasteiger charge is 2.24. The van der Waals surface area contributed by atoms with Gasteiger partial charge in [-0.1, -0.05) is 5.21 Å². The van der Waals surface area contributed by atoms with Gasteiger partial charge in [-0.3, -0.25) is 4.68 Å². The van der Waals surface area contributed by atoms with Gasteiger partial charge >= 0.3 is 5.97 Å². The van der Waals surface area contributed by atoms with Gasteiger partial charge in [-0.2, -0.15) is 5.10 Å². The van der Waals surface area contributed by atoms with Crippen LogP contribution in [-0.4, -0.2) is 50.6 Å². The third-order valence-electron chi connectivity index (χ3n) is 3.01. The highest BCUT2D eigenvalue weighted by atomic mass is 16.5. The van der Waals surface area contributed by atoms with Gasteiger partial charge in [0.15, 0.2) is 5.69 Å². The number of rotatable bonds is 6. The molecular weight excluding hydrogens is 274 g/mol. The number of methoxy groups -OCH3 is 1. The topological polar surface area (TPSA) is 84.1 Å². The van der Waals surface area contributed by atoms with E-state index in [1.807, 2.05) is 6.92 Å². The summed E-state index contributed by atoms with van der Waals surface area (Å²) in [6, 6.07) is 0. The normalized spacial score (nSPS) is 12.4. The molecule has 8 heteroatoms. The Morgan fingerprint density at radius 1 is 1.48 bits per heavy atom. The van der Waals surface area contributed by atoms with Crippen molar-refractivity contribution in [3.63, 3.8) is 0 Å². The van der Waals surface area contributed by atoms with Crippen molar-refractivity contribution in [2.24, 2.45) is 7.05 Å². The van der Waals surface area contributed by atoms with E-state index >= 15 is 0 Å². The van der Waals surface area contributed by atoms with E-state index in [0.717, 1.165) is 5.56 Å². The summed E-state index contributed by atoms with van der Waals surface area (Å²) >= 11 is 0. The first-order chi connectivity index (χ1) is 10.1. The number of hydrogen-bond acceptors (Lipinski definition) is 6. The van der Waals surface area contributed by atoms with Crippen LogP contribution in [0.3, 0.4) is 0 Å². The van der Waals surface area contributed by atoms with Crippen LogP contribution in [0.1, 0.15) is 24.3 Å². The lowest BCUT2D eigenvalue weighted by Crippen LogP contribution is -2.17. The van der Waals surface area contributed by atoms with E-state index in [1.54, 1.807) is 42.8 Å². The number of hydrogen-bond donors (Lipinski definition) is 0. The molecule has 0 aliphatic heterocycles. The van der Waals surface area contributed by atoms with Crippen molar-refractivity contribution >= 4 is 5.97 Å². The maximum Gasteiger partial charge on any atom is 0.361 e. The zero-order valence-electron chi connectivity index (χ0n) is 12.6. The molecule has 0 amide bonds. The van der Waals surface area contributed by atoms with E-state index in [2.05, 4.69) is 15.4 Å². The average molecular weight is 293 g/mol. The summed E-state index contributed by atoms with van der Waals surface area (Å²) in [5.74, 6) is -0.493. The fraction of sp³-hybridized carbons (Fsp3) is 0.538. The van der Waals surface area contributed by atoms with Crippen molar-refractivity contribution < 1.29 is 14.3 Å². The minimum absolute atomic E-state index is 0.0582. The molecule has 0 radical (unpaired) electrons. The first kappa shape index (κ1) is 15.2. The Bertz CT molecular complexity index is 619. The standard InChI is InChI=1S/C13H19N5O3/c1-5-21-13(19)11-12(10-6-14-17(3)8-10)18(16-15-11)7-9(2)20-4/h6,8-9H,5,7H2,1-4H3.